The minimum absolute atomic E-state index is 0.184. The van der Waals surface area contributed by atoms with Crippen molar-refractivity contribution in [2.24, 2.45) is 0 Å². The van der Waals surface area contributed by atoms with E-state index in [1.54, 1.807) is 31.4 Å². The molecule has 0 aliphatic carbocycles. The fourth-order valence-corrected chi connectivity index (χ4v) is 3.00. The molecule has 0 radical (unpaired) electrons. The molecule has 1 N–H and O–H groups in total. The first-order valence-corrected chi connectivity index (χ1v) is 7.77. The normalized spacial score (nSPS) is 17.4. The maximum Gasteiger partial charge on any atom is 0.215 e. The molecular formula is C17H14Cl2N2O2. The summed E-state index contributed by atoms with van der Waals surface area (Å²) in [5.74, 6) is 0.209. The molecule has 0 spiro atoms. The zero-order valence-electron chi connectivity index (χ0n) is 12.6. The van der Waals surface area contributed by atoms with E-state index in [0.717, 1.165) is 5.56 Å². The first-order valence-electron chi connectivity index (χ1n) is 7.02. The SMILES string of the molecule is CNC1=C(c2cc(C)ccn2)C(=O)[C@@H](c2ccc(Cl)cc2Cl)O1. The molecule has 1 aromatic heterocycles. The molecule has 1 atom stereocenters. The molecule has 0 amide bonds. The maximum absolute atomic E-state index is 12.9. The predicted octanol–water partition coefficient (Wildman–Crippen LogP) is 3.93. The van der Waals surface area contributed by atoms with E-state index in [1.165, 1.54) is 0 Å². The van der Waals surface area contributed by atoms with Crippen LogP contribution < -0.4 is 5.32 Å². The van der Waals surface area contributed by atoms with E-state index in [0.29, 0.717) is 32.8 Å². The summed E-state index contributed by atoms with van der Waals surface area (Å²) in [5, 5.41) is 3.82. The predicted molar refractivity (Wildman–Crippen MR) is 90.2 cm³/mol. The molecule has 1 aliphatic rings. The van der Waals surface area contributed by atoms with Crippen LogP contribution in [0.1, 0.15) is 22.9 Å². The van der Waals surface area contributed by atoms with Crippen LogP contribution in [-0.2, 0) is 9.53 Å². The first kappa shape index (κ1) is 15.8. The Morgan fingerprint density at radius 2 is 2.00 bits per heavy atom. The number of halogens is 2. The third-order valence-electron chi connectivity index (χ3n) is 3.59. The van der Waals surface area contributed by atoms with Gasteiger partial charge >= 0.3 is 0 Å². The Morgan fingerprint density at radius 3 is 2.65 bits per heavy atom. The number of nitrogens with zero attached hydrogens (tertiary/aromatic N) is 1. The van der Waals surface area contributed by atoms with Crippen LogP contribution >= 0.6 is 23.2 Å². The monoisotopic (exact) mass is 348 g/mol. The third-order valence-corrected chi connectivity index (χ3v) is 4.15. The lowest BCUT2D eigenvalue weighted by Gasteiger charge is -2.13. The molecule has 0 saturated heterocycles. The van der Waals surface area contributed by atoms with Crippen molar-refractivity contribution in [2.45, 2.75) is 13.0 Å². The molecule has 1 aliphatic heterocycles. The van der Waals surface area contributed by atoms with Gasteiger partial charge < -0.3 is 10.1 Å². The lowest BCUT2D eigenvalue weighted by Crippen LogP contribution is -2.11. The second kappa shape index (κ2) is 6.22. The summed E-state index contributed by atoms with van der Waals surface area (Å²) in [7, 11) is 1.70. The largest absolute Gasteiger partial charge is 0.462 e. The van der Waals surface area contributed by atoms with Crippen LogP contribution in [0.15, 0.2) is 42.4 Å². The molecule has 1 aromatic carbocycles. The Balaban J connectivity index is 2.03. The van der Waals surface area contributed by atoms with Gasteiger partial charge in [0.25, 0.3) is 0 Å². The number of carbonyl (C=O) groups excluding carboxylic acids is 1. The number of nitrogens with one attached hydrogen (secondary N) is 1. The molecule has 118 valence electrons. The van der Waals surface area contributed by atoms with Crippen LogP contribution in [0.3, 0.4) is 0 Å². The quantitative estimate of drug-likeness (QED) is 0.912. The van der Waals surface area contributed by atoms with Gasteiger partial charge in [-0.3, -0.25) is 9.78 Å². The zero-order valence-corrected chi connectivity index (χ0v) is 14.1. The smallest absolute Gasteiger partial charge is 0.215 e. The fourth-order valence-electron chi connectivity index (χ4n) is 2.49. The molecule has 23 heavy (non-hydrogen) atoms. The molecule has 0 fully saturated rings. The highest BCUT2D eigenvalue weighted by molar-refractivity contribution is 6.35. The number of ether oxygens (including phenoxy) is 1. The molecular weight excluding hydrogens is 335 g/mol. The Labute approximate surface area is 144 Å². The van der Waals surface area contributed by atoms with Gasteiger partial charge in [0.15, 0.2) is 6.10 Å². The second-order valence-corrected chi connectivity index (χ2v) is 6.04. The number of carbonyl (C=O) groups is 1. The molecule has 0 unspecified atom stereocenters. The number of rotatable bonds is 3. The van der Waals surface area contributed by atoms with Crippen LogP contribution in [-0.4, -0.2) is 17.8 Å². The molecule has 4 nitrogen and oxygen atoms in total. The number of aromatic nitrogens is 1. The van der Waals surface area contributed by atoms with E-state index in [2.05, 4.69) is 10.3 Å². The third kappa shape index (κ3) is 2.92. The van der Waals surface area contributed by atoms with Crippen LogP contribution in [0.4, 0.5) is 0 Å². The van der Waals surface area contributed by atoms with Gasteiger partial charge in [-0.05, 0) is 36.8 Å². The van der Waals surface area contributed by atoms with E-state index < -0.39 is 6.10 Å². The van der Waals surface area contributed by atoms with Crippen molar-refractivity contribution in [3.63, 3.8) is 0 Å². The van der Waals surface area contributed by atoms with Gasteiger partial charge in [-0.15, -0.1) is 0 Å². The molecule has 3 rings (SSSR count). The van der Waals surface area contributed by atoms with Crippen molar-refractivity contribution in [3.8, 4) is 0 Å². The van der Waals surface area contributed by atoms with Gasteiger partial charge in [-0.2, -0.15) is 0 Å². The zero-order chi connectivity index (χ0) is 16.6. The summed E-state index contributed by atoms with van der Waals surface area (Å²) in [6.45, 7) is 1.94. The molecule has 2 aromatic rings. The minimum Gasteiger partial charge on any atom is -0.462 e. The second-order valence-electron chi connectivity index (χ2n) is 5.20. The van der Waals surface area contributed by atoms with Crippen LogP contribution in [0.2, 0.25) is 10.0 Å². The van der Waals surface area contributed by atoms with E-state index in [1.807, 2.05) is 19.1 Å². The summed E-state index contributed by atoms with van der Waals surface area (Å²) >= 11 is 12.1. The summed E-state index contributed by atoms with van der Waals surface area (Å²) < 4.78 is 5.79. The highest BCUT2D eigenvalue weighted by atomic mass is 35.5. The van der Waals surface area contributed by atoms with Crippen molar-refractivity contribution >= 4 is 34.6 Å². The van der Waals surface area contributed by atoms with Crippen molar-refractivity contribution < 1.29 is 9.53 Å². The van der Waals surface area contributed by atoms with Gasteiger partial charge in [0.2, 0.25) is 11.7 Å². The Hall–Kier alpha value is -2.04. The summed E-state index contributed by atoms with van der Waals surface area (Å²) in [4.78, 5) is 17.2. The van der Waals surface area contributed by atoms with E-state index in [9.17, 15) is 4.79 Å². The van der Waals surface area contributed by atoms with Crippen molar-refractivity contribution in [3.05, 3.63) is 69.3 Å². The van der Waals surface area contributed by atoms with E-state index >= 15 is 0 Å². The van der Waals surface area contributed by atoms with Gasteiger partial charge in [0.1, 0.15) is 5.57 Å². The van der Waals surface area contributed by atoms with Crippen LogP contribution in [0, 0.1) is 6.92 Å². The standard InChI is InChI=1S/C17H14Cl2N2O2/c1-9-5-6-21-13(7-9)14-15(22)16(23-17(14)20-2)11-4-3-10(18)8-12(11)19/h3-8,16,20H,1-2H3/t16-/m1/s1. The average molecular weight is 349 g/mol. The number of benzene rings is 1. The highest BCUT2D eigenvalue weighted by Crippen LogP contribution is 2.39. The van der Waals surface area contributed by atoms with Gasteiger partial charge in [0.05, 0.1) is 5.69 Å². The van der Waals surface area contributed by atoms with Gasteiger partial charge in [-0.25, -0.2) is 0 Å². The lowest BCUT2D eigenvalue weighted by atomic mass is 9.99. The molecule has 6 heteroatoms. The lowest BCUT2D eigenvalue weighted by molar-refractivity contribution is -0.120. The topological polar surface area (TPSA) is 51.2 Å². The molecule has 2 heterocycles. The van der Waals surface area contributed by atoms with E-state index in [-0.39, 0.29) is 5.78 Å². The average Bonchev–Trinajstić information content (AvgIpc) is 2.84. The first-order chi connectivity index (χ1) is 11.0. The number of aryl methyl sites for hydroxylation is 1. The number of Topliss-reactive ketones (excluding diaryl/α,β-unsaturated/α-hetero) is 1. The number of hydrogen-bond donors (Lipinski definition) is 1. The highest BCUT2D eigenvalue weighted by Gasteiger charge is 2.38. The molecule has 0 bridgehead atoms. The minimum atomic E-state index is -0.806. The van der Waals surface area contributed by atoms with Crippen molar-refractivity contribution in [1.82, 2.24) is 10.3 Å². The Kier molecular flexibility index (Phi) is 4.28. The Bertz CT molecular complexity index is 818. The van der Waals surface area contributed by atoms with E-state index in [4.69, 9.17) is 27.9 Å². The number of ketones is 1. The molecule has 0 saturated carbocycles. The Morgan fingerprint density at radius 1 is 1.22 bits per heavy atom. The van der Waals surface area contributed by atoms with Crippen molar-refractivity contribution in [2.75, 3.05) is 7.05 Å². The summed E-state index contributed by atoms with van der Waals surface area (Å²) in [5.41, 5.74) is 2.59. The van der Waals surface area contributed by atoms with Crippen LogP contribution in [0.25, 0.3) is 5.57 Å². The number of pyridine rings is 1. The summed E-state index contributed by atoms with van der Waals surface area (Å²) in [6, 6.07) is 8.70. The van der Waals surface area contributed by atoms with Crippen molar-refractivity contribution in [1.29, 1.82) is 0 Å². The maximum atomic E-state index is 12.9. The summed E-state index contributed by atoms with van der Waals surface area (Å²) in [6.07, 6.45) is 0.861. The van der Waals surface area contributed by atoms with Gasteiger partial charge in [-0.1, -0.05) is 29.3 Å². The number of hydrogen-bond acceptors (Lipinski definition) is 4. The van der Waals surface area contributed by atoms with Crippen LogP contribution in [0.5, 0.6) is 0 Å². The van der Waals surface area contributed by atoms with Gasteiger partial charge in [0, 0.05) is 28.9 Å². The fraction of sp³-hybridized carbons (Fsp3) is 0.176.